The third-order valence-electron chi connectivity index (χ3n) is 4.06. The van der Waals surface area contributed by atoms with Crippen molar-refractivity contribution in [1.82, 2.24) is 10.3 Å². The Hall–Kier alpha value is -2.21. The Balaban J connectivity index is 2.20. The number of pyridine rings is 1. The summed E-state index contributed by atoms with van der Waals surface area (Å²) in [6, 6.07) is 5.15. The van der Waals surface area contributed by atoms with E-state index in [9.17, 15) is 10.1 Å². The molecule has 21 heavy (non-hydrogen) atoms. The monoisotopic (exact) mass is 286 g/mol. The molecule has 1 fully saturated rings. The summed E-state index contributed by atoms with van der Waals surface area (Å²) in [4.78, 5) is 17.3. The maximum absolute atomic E-state index is 11.2. The van der Waals surface area contributed by atoms with Crippen LogP contribution in [-0.2, 0) is 0 Å². The summed E-state index contributed by atoms with van der Waals surface area (Å²) in [6.45, 7) is 6.99. The lowest BCUT2D eigenvalue weighted by molar-refractivity contribution is -0.383. The van der Waals surface area contributed by atoms with Crippen molar-refractivity contribution >= 4 is 22.1 Å². The van der Waals surface area contributed by atoms with Gasteiger partial charge in [-0.15, -0.1) is 0 Å². The van der Waals surface area contributed by atoms with E-state index in [1.54, 1.807) is 24.5 Å². The quantitative estimate of drug-likeness (QED) is 0.677. The summed E-state index contributed by atoms with van der Waals surface area (Å²) < 4.78 is 0. The van der Waals surface area contributed by atoms with Crippen LogP contribution in [0.3, 0.4) is 0 Å². The van der Waals surface area contributed by atoms with Crippen molar-refractivity contribution in [2.75, 3.05) is 24.5 Å². The number of nitro groups is 1. The molecule has 2 heterocycles. The molecular formula is C15H18N4O2. The van der Waals surface area contributed by atoms with E-state index in [4.69, 9.17) is 0 Å². The maximum Gasteiger partial charge on any atom is 0.277 e. The fraction of sp³-hybridized carbons (Fsp3) is 0.400. The van der Waals surface area contributed by atoms with E-state index in [0.29, 0.717) is 5.39 Å². The van der Waals surface area contributed by atoms with Crippen LogP contribution in [0.25, 0.3) is 10.8 Å². The lowest BCUT2D eigenvalue weighted by Crippen LogP contribution is -2.58. The minimum absolute atomic E-state index is 0.0445. The average molecular weight is 286 g/mol. The van der Waals surface area contributed by atoms with E-state index in [1.165, 1.54) is 0 Å². The number of aromatic nitrogens is 1. The van der Waals surface area contributed by atoms with E-state index in [0.717, 1.165) is 30.7 Å². The summed E-state index contributed by atoms with van der Waals surface area (Å²) in [5.74, 6) is 0. The van der Waals surface area contributed by atoms with Gasteiger partial charge < -0.3 is 10.2 Å². The average Bonchev–Trinajstić information content (AvgIpc) is 2.46. The number of fused-ring (bicyclic) bond motifs is 1. The number of piperazine rings is 1. The van der Waals surface area contributed by atoms with Crippen LogP contribution in [0.2, 0.25) is 0 Å². The van der Waals surface area contributed by atoms with Gasteiger partial charge in [0.1, 0.15) is 0 Å². The Kier molecular flexibility index (Phi) is 3.25. The largest absolute Gasteiger partial charge is 0.363 e. The summed E-state index contributed by atoms with van der Waals surface area (Å²) in [5, 5.41) is 16.1. The summed E-state index contributed by atoms with van der Waals surface area (Å²) >= 11 is 0. The number of nitro benzene ring substituents is 1. The van der Waals surface area contributed by atoms with E-state index < -0.39 is 0 Å². The van der Waals surface area contributed by atoms with Gasteiger partial charge in [-0.2, -0.15) is 0 Å². The SMILES string of the molecule is CC1(C)CNCCN1c1ccc([N+](=O)[O-])c2ccncc12. The molecular weight excluding hydrogens is 268 g/mol. The van der Waals surface area contributed by atoms with Crippen LogP contribution in [0.5, 0.6) is 0 Å². The van der Waals surface area contributed by atoms with Crippen molar-refractivity contribution in [3.63, 3.8) is 0 Å². The zero-order chi connectivity index (χ0) is 15.0. The lowest BCUT2D eigenvalue weighted by atomic mass is 9.97. The van der Waals surface area contributed by atoms with Crippen molar-refractivity contribution in [3.05, 3.63) is 40.7 Å². The van der Waals surface area contributed by atoms with Crippen LogP contribution in [0.4, 0.5) is 11.4 Å². The predicted octanol–water partition coefficient (Wildman–Crippen LogP) is 2.33. The smallest absolute Gasteiger partial charge is 0.277 e. The van der Waals surface area contributed by atoms with E-state index in [2.05, 4.69) is 29.0 Å². The van der Waals surface area contributed by atoms with Gasteiger partial charge in [0.2, 0.25) is 0 Å². The highest BCUT2D eigenvalue weighted by molar-refractivity contribution is 5.99. The van der Waals surface area contributed by atoms with Gasteiger partial charge in [-0.1, -0.05) is 0 Å². The lowest BCUT2D eigenvalue weighted by Gasteiger charge is -2.44. The molecule has 3 rings (SSSR count). The second kappa shape index (κ2) is 4.96. The normalized spacial score (nSPS) is 17.9. The molecule has 0 atom stereocenters. The topological polar surface area (TPSA) is 71.3 Å². The fourth-order valence-electron chi connectivity index (χ4n) is 2.98. The molecule has 2 aromatic rings. The van der Waals surface area contributed by atoms with Gasteiger partial charge in [0.15, 0.2) is 0 Å². The van der Waals surface area contributed by atoms with Crippen LogP contribution in [0, 0.1) is 10.1 Å². The van der Waals surface area contributed by atoms with E-state index >= 15 is 0 Å². The van der Waals surface area contributed by atoms with Crippen LogP contribution < -0.4 is 10.2 Å². The third kappa shape index (κ3) is 2.31. The van der Waals surface area contributed by atoms with Crippen LogP contribution in [0.1, 0.15) is 13.8 Å². The standard InChI is InChI=1S/C15H18N4O2/c1-15(2)10-17-7-8-18(15)13-3-4-14(19(20)21)11-5-6-16-9-12(11)13/h3-6,9,17H,7-8,10H2,1-2H3. The van der Waals surface area contributed by atoms with Crippen molar-refractivity contribution < 1.29 is 4.92 Å². The molecule has 0 saturated carbocycles. The number of rotatable bonds is 2. The molecule has 0 spiro atoms. The molecule has 6 heteroatoms. The maximum atomic E-state index is 11.2. The first-order valence-corrected chi connectivity index (χ1v) is 7.00. The van der Waals surface area contributed by atoms with Crippen LogP contribution in [0.15, 0.2) is 30.6 Å². The Morgan fingerprint density at radius 3 is 2.86 bits per heavy atom. The zero-order valence-corrected chi connectivity index (χ0v) is 12.2. The van der Waals surface area contributed by atoms with Gasteiger partial charge in [0.25, 0.3) is 5.69 Å². The fourth-order valence-corrected chi connectivity index (χ4v) is 2.98. The van der Waals surface area contributed by atoms with Crippen molar-refractivity contribution in [2.24, 2.45) is 0 Å². The highest BCUT2D eigenvalue weighted by atomic mass is 16.6. The van der Waals surface area contributed by atoms with Crippen LogP contribution >= 0.6 is 0 Å². The highest BCUT2D eigenvalue weighted by Crippen LogP contribution is 2.36. The molecule has 1 aromatic carbocycles. The molecule has 0 amide bonds. The Morgan fingerprint density at radius 2 is 2.14 bits per heavy atom. The molecule has 1 aliphatic rings. The second-order valence-corrected chi connectivity index (χ2v) is 5.92. The number of benzene rings is 1. The molecule has 1 saturated heterocycles. The molecule has 110 valence electrons. The number of nitrogens with one attached hydrogen (secondary N) is 1. The first-order valence-electron chi connectivity index (χ1n) is 7.00. The van der Waals surface area contributed by atoms with Crippen LogP contribution in [-0.4, -0.2) is 35.1 Å². The van der Waals surface area contributed by atoms with Gasteiger partial charge in [-0.3, -0.25) is 15.1 Å². The predicted molar refractivity (Wildman–Crippen MR) is 82.7 cm³/mol. The van der Waals surface area contributed by atoms with E-state index in [-0.39, 0.29) is 16.1 Å². The number of non-ortho nitro benzene ring substituents is 1. The Labute approximate surface area is 122 Å². The first-order chi connectivity index (χ1) is 10.0. The van der Waals surface area contributed by atoms with Crippen molar-refractivity contribution in [1.29, 1.82) is 0 Å². The number of hydrogen-bond donors (Lipinski definition) is 1. The van der Waals surface area contributed by atoms with Gasteiger partial charge in [0.05, 0.1) is 10.3 Å². The molecule has 1 N–H and O–H groups in total. The van der Waals surface area contributed by atoms with Gasteiger partial charge >= 0.3 is 0 Å². The molecule has 6 nitrogen and oxygen atoms in total. The van der Waals surface area contributed by atoms with Crippen molar-refractivity contribution in [2.45, 2.75) is 19.4 Å². The van der Waals surface area contributed by atoms with E-state index in [1.807, 2.05) is 6.07 Å². The highest BCUT2D eigenvalue weighted by Gasteiger charge is 2.31. The third-order valence-corrected chi connectivity index (χ3v) is 4.06. The number of hydrogen-bond acceptors (Lipinski definition) is 5. The molecule has 1 aliphatic heterocycles. The summed E-state index contributed by atoms with van der Waals surface area (Å²) in [6.07, 6.45) is 3.32. The summed E-state index contributed by atoms with van der Waals surface area (Å²) in [5.41, 5.74) is 1.09. The minimum Gasteiger partial charge on any atom is -0.363 e. The Bertz CT molecular complexity index is 699. The number of nitrogens with zero attached hydrogens (tertiary/aromatic N) is 3. The molecule has 0 aliphatic carbocycles. The molecule has 0 unspecified atom stereocenters. The molecule has 0 bridgehead atoms. The van der Waals surface area contributed by atoms with Crippen molar-refractivity contribution in [3.8, 4) is 0 Å². The molecule has 1 aromatic heterocycles. The zero-order valence-electron chi connectivity index (χ0n) is 12.2. The summed E-state index contributed by atoms with van der Waals surface area (Å²) in [7, 11) is 0. The minimum atomic E-state index is -0.338. The first kappa shape index (κ1) is 13.8. The number of anilines is 1. The second-order valence-electron chi connectivity index (χ2n) is 5.92. The molecule has 0 radical (unpaired) electrons. The van der Waals surface area contributed by atoms with Gasteiger partial charge in [-0.05, 0) is 26.0 Å². The van der Waals surface area contributed by atoms with Gasteiger partial charge in [-0.25, -0.2) is 0 Å². The van der Waals surface area contributed by atoms with Gasteiger partial charge in [0, 0.05) is 54.7 Å². The Morgan fingerprint density at radius 1 is 1.33 bits per heavy atom.